The van der Waals surface area contributed by atoms with Gasteiger partial charge in [-0.25, -0.2) is 4.79 Å². The Kier molecular flexibility index (Phi) is 2.60. The lowest BCUT2D eigenvalue weighted by Crippen LogP contribution is -2.05. The van der Waals surface area contributed by atoms with Crippen LogP contribution in [0.15, 0.2) is 24.3 Å². The lowest BCUT2D eigenvalue weighted by molar-refractivity contribution is 0.0599. The summed E-state index contributed by atoms with van der Waals surface area (Å²) in [5, 5.41) is 0.955. The van der Waals surface area contributed by atoms with Crippen LogP contribution in [0.25, 0.3) is 10.9 Å². The van der Waals surface area contributed by atoms with E-state index in [1.54, 1.807) is 0 Å². The van der Waals surface area contributed by atoms with Gasteiger partial charge in [-0.1, -0.05) is 12.1 Å². The fourth-order valence-corrected chi connectivity index (χ4v) is 1.69. The SMILES string of the molecule is COC(=O)c1cc2ccc(C)cc2nc1C. The van der Waals surface area contributed by atoms with E-state index in [1.165, 1.54) is 7.11 Å². The molecule has 0 aliphatic rings. The maximum Gasteiger partial charge on any atom is 0.339 e. The molecule has 2 rings (SSSR count). The smallest absolute Gasteiger partial charge is 0.339 e. The van der Waals surface area contributed by atoms with Gasteiger partial charge in [0.2, 0.25) is 0 Å². The third kappa shape index (κ3) is 1.76. The van der Waals surface area contributed by atoms with Crippen molar-refractivity contribution in [3.8, 4) is 0 Å². The van der Waals surface area contributed by atoms with Crippen molar-refractivity contribution in [2.45, 2.75) is 13.8 Å². The van der Waals surface area contributed by atoms with Gasteiger partial charge in [-0.2, -0.15) is 0 Å². The summed E-state index contributed by atoms with van der Waals surface area (Å²) < 4.78 is 4.71. The average Bonchev–Trinajstić information content (AvgIpc) is 2.27. The maximum atomic E-state index is 11.5. The monoisotopic (exact) mass is 215 g/mol. The van der Waals surface area contributed by atoms with Crippen molar-refractivity contribution < 1.29 is 9.53 Å². The molecule has 0 fully saturated rings. The maximum absolute atomic E-state index is 11.5. The van der Waals surface area contributed by atoms with Crippen LogP contribution in [0.4, 0.5) is 0 Å². The normalized spacial score (nSPS) is 10.4. The van der Waals surface area contributed by atoms with E-state index in [-0.39, 0.29) is 5.97 Å². The summed E-state index contributed by atoms with van der Waals surface area (Å²) in [6, 6.07) is 7.79. The number of carbonyl (C=O) groups excluding carboxylic acids is 1. The minimum Gasteiger partial charge on any atom is -0.465 e. The van der Waals surface area contributed by atoms with Crippen molar-refractivity contribution in [1.82, 2.24) is 4.98 Å². The minimum atomic E-state index is -0.340. The average molecular weight is 215 g/mol. The van der Waals surface area contributed by atoms with E-state index in [0.717, 1.165) is 16.5 Å². The molecule has 0 aliphatic heterocycles. The van der Waals surface area contributed by atoms with Gasteiger partial charge in [-0.05, 0) is 31.5 Å². The van der Waals surface area contributed by atoms with Gasteiger partial charge in [-0.15, -0.1) is 0 Å². The number of hydrogen-bond donors (Lipinski definition) is 0. The molecular formula is C13H13NO2. The van der Waals surface area contributed by atoms with Gasteiger partial charge in [0, 0.05) is 5.39 Å². The Hall–Kier alpha value is -1.90. The summed E-state index contributed by atoms with van der Waals surface area (Å²) in [5.41, 5.74) is 3.29. The molecule has 82 valence electrons. The Bertz CT molecular complexity index is 561. The highest BCUT2D eigenvalue weighted by molar-refractivity contribution is 5.95. The highest BCUT2D eigenvalue weighted by Gasteiger charge is 2.11. The number of ether oxygens (including phenoxy) is 1. The van der Waals surface area contributed by atoms with Crippen LogP contribution in [0.1, 0.15) is 21.6 Å². The number of methoxy groups -OCH3 is 1. The van der Waals surface area contributed by atoms with E-state index < -0.39 is 0 Å². The Morgan fingerprint density at radius 3 is 2.69 bits per heavy atom. The Balaban J connectivity index is 2.67. The molecule has 0 N–H and O–H groups in total. The number of benzene rings is 1. The molecule has 3 nitrogen and oxygen atoms in total. The second-order valence-electron chi connectivity index (χ2n) is 3.81. The summed E-state index contributed by atoms with van der Waals surface area (Å²) >= 11 is 0. The standard InChI is InChI=1S/C13H13NO2/c1-8-4-5-10-7-11(13(15)16-3)9(2)14-12(10)6-8/h4-7H,1-3H3. The zero-order valence-electron chi connectivity index (χ0n) is 9.57. The van der Waals surface area contributed by atoms with Crippen molar-refractivity contribution in [3.05, 3.63) is 41.1 Å². The molecule has 0 unspecified atom stereocenters. The highest BCUT2D eigenvalue weighted by atomic mass is 16.5. The molecule has 0 spiro atoms. The summed E-state index contributed by atoms with van der Waals surface area (Å²) in [6.07, 6.45) is 0. The van der Waals surface area contributed by atoms with Crippen LogP contribution in [-0.2, 0) is 4.74 Å². The molecule has 1 heterocycles. The predicted octanol–water partition coefficient (Wildman–Crippen LogP) is 2.64. The number of aromatic nitrogens is 1. The summed E-state index contributed by atoms with van der Waals surface area (Å²) in [5.74, 6) is -0.340. The van der Waals surface area contributed by atoms with E-state index in [2.05, 4.69) is 4.98 Å². The van der Waals surface area contributed by atoms with Crippen molar-refractivity contribution in [1.29, 1.82) is 0 Å². The molecule has 1 aromatic carbocycles. The van der Waals surface area contributed by atoms with Crippen LogP contribution in [-0.4, -0.2) is 18.1 Å². The van der Waals surface area contributed by atoms with Gasteiger partial charge in [0.05, 0.1) is 23.9 Å². The first-order valence-electron chi connectivity index (χ1n) is 5.08. The van der Waals surface area contributed by atoms with Crippen LogP contribution >= 0.6 is 0 Å². The molecule has 0 amide bonds. The van der Waals surface area contributed by atoms with Gasteiger partial charge in [0.25, 0.3) is 0 Å². The number of nitrogens with zero attached hydrogens (tertiary/aromatic N) is 1. The van der Waals surface area contributed by atoms with Crippen LogP contribution in [0.2, 0.25) is 0 Å². The summed E-state index contributed by atoms with van der Waals surface area (Å²) in [4.78, 5) is 15.9. The third-order valence-electron chi connectivity index (χ3n) is 2.57. The number of carbonyl (C=O) groups is 1. The van der Waals surface area contributed by atoms with Crippen molar-refractivity contribution >= 4 is 16.9 Å². The second-order valence-corrected chi connectivity index (χ2v) is 3.81. The molecule has 0 saturated heterocycles. The zero-order valence-corrected chi connectivity index (χ0v) is 9.57. The Morgan fingerprint density at radius 2 is 2.00 bits per heavy atom. The first-order chi connectivity index (χ1) is 7.61. The molecule has 0 atom stereocenters. The van der Waals surface area contributed by atoms with Gasteiger partial charge < -0.3 is 4.74 Å². The van der Waals surface area contributed by atoms with E-state index in [9.17, 15) is 4.79 Å². The van der Waals surface area contributed by atoms with Gasteiger partial charge >= 0.3 is 5.97 Å². The molecule has 16 heavy (non-hydrogen) atoms. The first-order valence-corrected chi connectivity index (χ1v) is 5.08. The van der Waals surface area contributed by atoms with E-state index >= 15 is 0 Å². The van der Waals surface area contributed by atoms with Gasteiger partial charge in [-0.3, -0.25) is 4.98 Å². The first kappa shape index (κ1) is 10.6. The van der Waals surface area contributed by atoms with E-state index in [0.29, 0.717) is 11.3 Å². The van der Waals surface area contributed by atoms with Gasteiger partial charge in [0.15, 0.2) is 0 Å². The number of fused-ring (bicyclic) bond motifs is 1. The molecule has 2 aromatic rings. The number of hydrogen-bond acceptors (Lipinski definition) is 3. The summed E-state index contributed by atoms with van der Waals surface area (Å²) in [6.45, 7) is 3.83. The van der Waals surface area contributed by atoms with Crippen LogP contribution in [0.5, 0.6) is 0 Å². The number of aryl methyl sites for hydroxylation is 2. The lowest BCUT2D eigenvalue weighted by atomic mass is 10.1. The molecule has 0 radical (unpaired) electrons. The van der Waals surface area contributed by atoms with Crippen LogP contribution in [0.3, 0.4) is 0 Å². The second kappa shape index (κ2) is 3.93. The third-order valence-corrected chi connectivity index (χ3v) is 2.57. The molecule has 0 aliphatic carbocycles. The topological polar surface area (TPSA) is 39.2 Å². The molecule has 0 bridgehead atoms. The minimum absolute atomic E-state index is 0.340. The van der Waals surface area contributed by atoms with Crippen molar-refractivity contribution in [2.75, 3.05) is 7.11 Å². The Labute approximate surface area is 94.1 Å². The largest absolute Gasteiger partial charge is 0.465 e. The zero-order chi connectivity index (χ0) is 11.7. The van der Waals surface area contributed by atoms with Crippen molar-refractivity contribution in [2.24, 2.45) is 0 Å². The Morgan fingerprint density at radius 1 is 1.25 bits per heavy atom. The predicted molar refractivity (Wildman–Crippen MR) is 62.6 cm³/mol. The molecule has 3 heteroatoms. The highest BCUT2D eigenvalue weighted by Crippen LogP contribution is 2.18. The van der Waals surface area contributed by atoms with E-state index in [1.807, 2.05) is 38.1 Å². The molecule has 1 aromatic heterocycles. The van der Waals surface area contributed by atoms with Crippen molar-refractivity contribution in [3.63, 3.8) is 0 Å². The quantitative estimate of drug-likeness (QED) is 0.686. The number of rotatable bonds is 1. The summed E-state index contributed by atoms with van der Waals surface area (Å²) in [7, 11) is 1.38. The molecular weight excluding hydrogens is 202 g/mol. The lowest BCUT2D eigenvalue weighted by Gasteiger charge is -2.06. The van der Waals surface area contributed by atoms with E-state index in [4.69, 9.17) is 4.74 Å². The van der Waals surface area contributed by atoms with Gasteiger partial charge in [0.1, 0.15) is 0 Å². The van der Waals surface area contributed by atoms with Crippen LogP contribution in [0, 0.1) is 13.8 Å². The fourth-order valence-electron chi connectivity index (χ4n) is 1.69. The van der Waals surface area contributed by atoms with Crippen LogP contribution < -0.4 is 0 Å². The molecule has 0 saturated carbocycles. The fraction of sp³-hybridized carbons (Fsp3) is 0.231. The number of pyridine rings is 1. The number of esters is 1.